The molecule has 0 saturated heterocycles. The van der Waals surface area contributed by atoms with E-state index in [9.17, 15) is 5.11 Å². The predicted molar refractivity (Wildman–Crippen MR) is 85.6 cm³/mol. The van der Waals surface area contributed by atoms with Crippen molar-refractivity contribution in [3.8, 4) is 0 Å². The molecule has 0 aromatic carbocycles. The zero-order valence-electron chi connectivity index (χ0n) is 12.3. The molecule has 3 heterocycles. The highest BCUT2D eigenvalue weighted by molar-refractivity contribution is 7.17. The number of aromatic nitrogens is 3. The molecular weight excluding hydrogens is 282 g/mol. The first-order valence-corrected chi connectivity index (χ1v) is 8.16. The van der Waals surface area contributed by atoms with Crippen molar-refractivity contribution in [2.24, 2.45) is 0 Å². The lowest BCUT2D eigenvalue weighted by atomic mass is 10.1. The molecule has 4 nitrogen and oxygen atoms in total. The Morgan fingerprint density at radius 1 is 1.33 bits per heavy atom. The third-order valence-corrected chi connectivity index (χ3v) is 4.54. The first kappa shape index (κ1) is 14.2. The number of fused-ring (bicyclic) bond motifs is 1. The molecule has 0 aliphatic heterocycles. The number of nitrogens with zero attached hydrogens (tertiary/aromatic N) is 3. The normalized spacial score (nSPS) is 12.9. The molecule has 3 aromatic rings. The molecule has 1 N–H and O–H groups in total. The fraction of sp³-hybridized carbons (Fsp3) is 0.375. The van der Waals surface area contributed by atoms with Gasteiger partial charge < -0.3 is 5.11 Å². The summed E-state index contributed by atoms with van der Waals surface area (Å²) in [7, 11) is 0. The lowest BCUT2D eigenvalue weighted by molar-refractivity contribution is 0.175. The Hall–Kier alpha value is -1.72. The lowest BCUT2D eigenvalue weighted by Gasteiger charge is -2.11. The van der Waals surface area contributed by atoms with Crippen molar-refractivity contribution in [1.82, 2.24) is 14.8 Å². The summed E-state index contributed by atoms with van der Waals surface area (Å²) in [6, 6.07) is 6.12. The van der Waals surface area contributed by atoms with Crippen LogP contribution in [-0.2, 0) is 19.4 Å². The number of aryl methyl sites for hydroxylation is 2. The fourth-order valence-electron chi connectivity index (χ4n) is 2.49. The van der Waals surface area contributed by atoms with E-state index in [2.05, 4.69) is 30.0 Å². The second kappa shape index (κ2) is 5.95. The quantitative estimate of drug-likeness (QED) is 0.786. The molecule has 5 heteroatoms. The molecule has 3 aromatic heterocycles. The van der Waals surface area contributed by atoms with Crippen molar-refractivity contribution in [3.05, 3.63) is 46.7 Å². The van der Waals surface area contributed by atoms with E-state index in [4.69, 9.17) is 0 Å². The smallest absolute Gasteiger partial charge is 0.0860 e. The molecule has 110 valence electrons. The van der Waals surface area contributed by atoms with Crippen LogP contribution in [0.3, 0.4) is 0 Å². The van der Waals surface area contributed by atoms with Crippen LogP contribution < -0.4 is 0 Å². The minimum absolute atomic E-state index is 0.546. The molecule has 0 spiro atoms. The highest BCUT2D eigenvalue weighted by Gasteiger charge is 2.14. The molecule has 0 aliphatic carbocycles. The van der Waals surface area contributed by atoms with E-state index in [0.29, 0.717) is 6.42 Å². The maximum absolute atomic E-state index is 10.5. The number of pyridine rings is 1. The second-order valence-corrected chi connectivity index (χ2v) is 6.04. The average molecular weight is 301 g/mol. The minimum Gasteiger partial charge on any atom is -0.388 e. The number of hydrogen-bond acceptors (Lipinski definition) is 4. The Bertz CT molecular complexity index is 747. The summed E-state index contributed by atoms with van der Waals surface area (Å²) < 4.78 is 3.09. The van der Waals surface area contributed by atoms with Crippen LogP contribution in [0.25, 0.3) is 10.2 Å². The Morgan fingerprint density at radius 2 is 2.19 bits per heavy atom. The van der Waals surface area contributed by atoms with Crippen LogP contribution in [0.5, 0.6) is 0 Å². The second-order valence-electron chi connectivity index (χ2n) is 5.09. The SMILES string of the molecule is CCc1cc(CC(O)c2cnc3ccsc3c2)n(CC)n1. The third-order valence-electron chi connectivity index (χ3n) is 3.69. The molecule has 21 heavy (non-hydrogen) atoms. The average Bonchev–Trinajstić information content (AvgIpc) is 3.12. The Kier molecular flexibility index (Phi) is 4.03. The molecule has 0 bridgehead atoms. The molecular formula is C16H19N3OS. The summed E-state index contributed by atoms with van der Waals surface area (Å²) in [5.41, 5.74) is 4.01. The first-order chi connectivity index (χ1) is 10.2. The Labute approximate surface area is 128 Å². The van der Waals surface area contributed by atoms with E-state index in [0.717, 1.165) is 40.1 Å². The maximum atomic E-state index is 10.5. The summed E-state index contributed by atoms with van der Waals surface area (Å²) in [6.45, 7) is 4.99. The Morgan fingerprint density at radius 3 is 2.95 bits per heavy atom. The van der Waals surface area contributed by atoms with Crippen LogP contribution in [0, 0.1) is 0 Å². The van der Waals surface area contributed by atoms with Gasteiger partial charge in [-0.3, -0.25) is 9.67 Å². The van der Waals surface area contributed by atoms with Gasteiger partial charge in [-0.15, -0.1) is 11.3 Å². The van der Waals surface area contributed by atoms with E-state index in [1.165, 1.54) is 0 Å². The zero-order valence-corrected chi connectivity index (χ0v) is 13.1. The van der Waals surface area contributed by atoms with E-state index >= 15 is 0 Å². The molecule has 0 fully saturated rings. The fourth-order valence-corrected chi connectivity index (χ4v) is 3.27. The summed E-state index contributed by atoms with van der Waals surface area (Å²) >= 11 is 1.65. The van der Waals surface area contributed by atoms with Gasteiger partial charge in [-0.05, 0) is 36.9 Å². The molecule has 0 radical (unpaired) electrons. The molecule has 0 saturated carbocycles. The van der Waals surface area contributed by atoms with Crippen LogP contribution in [0.4, 0.5) is 0 Å². The van der Waals surface area contributed by atoms with Gasteiger partial charge in [-0.1, -0.05) is 6.92 Å². The maximum Gasteiger partial charge on any atom is 0.0860 e. The van der Waals surface area contributed by atoms with Crippen LogP contribution in [-0.4, -0.2) is 19.9 Å². The van der Waals surface area contributed by atoms with Crippen molar-refractivity contribution in [1.29, 1.82) is 0 Å². The van der Waals surface area contributed by atoms with E-state index in [-0.39, 0.29) is 0 Å². The van der Waals surface area contributed by atoms with E-state index in [1.54, 1.807) is 17.5 Å². The lowest BCUT2D eigenvalue weighted by Crippen LogP contribution is -2.08. The molecule has 0 amide bonds. The number of thiophene rings is 1. The summed E-state index contributed by atoms with van der Waals surface area (Å²) in [5.74, 6) is 0. The number of aliphatic hydroxyl groups is 1. The first-order valence-electron chi connectivity index (χ1n) is 7.28. The van der Waals surface area contributed by atoms with Gasteiger partial charge in [0, 0.05) is 30.4 Å². The van der Waals surface area contributed by atoms with Gasteiger partial charge in [0.1, 0.15) is 0 Å². The highest BCUT2D eigenvalue weighted by atomic mass is 32.1. The van der Waals surface area contributed by atoms with Gasteiger partial charge in [0.25, 0.3) is 0 Å². The summed E-state index contributed by atoms with van der Waals surface area (Å²) in [5, 5.41) is 17.0. The molecule has 1 unspecified atom stereocenters. The van der Waals surface area contributed by atoms with Gasteiger partial charge in [-0.25, -0.2) is 0 Å². The zero-order chi connectivity index (χ0) is 14.8. The van der Waals surface area contributed by atoms with Gasteiger partial charge in [0.2, 0.25) is 0 Å². The van der Waals surface area contributed by atoms with Crippen molar-refractivity contribution in [3.63, 3.8) is 0 Å². The van der Waals surface area contributed by atoms with Gasteiger partial charge >= 0.3 is 0 Å². The van der Waals surface area contributed by atoms with Gasteiger partial charge in [0.05, 0.1) is 22.0 Å². The molecule has 3 rings (SSSR count). The number of hydrogen-bond donors (Lipinski definition) is 1. The highest BCUT2D eigenvalue weighted by Crippen LogP contribution is 2.25. The van der Waals surface area contributed by atoms with Crippen LogP contribution in [0.1, 0.15) is 36.9 Å². The predicted octanol–water partition coefficient (Wildman–Crippen LogP) is 3.35. The Balaban J connectivity index is 1.84. The molecule has 1 atom stereocenters. The van der Waals surface area contributed by atoms with E-state index in [1.807, 2.05) is 22.2 Å². The van der Waals surface area contributed by atoms with Crippen molar-refractivity contribution in [2.75, 3.05) is 0 Å². The summed E-state index contributed by atoms with van der Waals surface area (Å²) in [6.07, 6.45) is 2.71. The third kappa shape index (κ3) is 2.84. The van der Waals surface area contributed by atoms with Crippen LogP contribution in [0.15, 0.2) is 29.8 Å². The van der Waals surface area contributed by atoms with E-state index < -0.39 is 6.10 Å². The minimum atomic E-state index is -0.546. The number of rotatable bonds is 5. The monoisotopic (exact) mass is 301 g/mol. The van der Waals surface area contributed by atoms with Crippen LogP contribution in [0.2, 0.25) is 0 Å². The largest absolute Gasteiger partial charge is 0.388 e. The van der Waals surface area contributed by atoms with Crippen molar-refractivity contribution >= 4 is 21.6 Å². The van der Waals surface area contributed by atoms with Gasteiger partial charge in [0.15, 0.2) is 0 Å². The molecule has 0 aliphatic rings. The standard InChI is InChI=1S/C16H19N3OS/c1-3-12-8-13(19(4-2)18-12)9-15(20)11-7-16-14(17-10-11)5-6-21-16/h5-8,10,15,20H,3-4,9H2,1-2H3. The van der Waals surface area contributed by atoms with Crippen molar-refractivity contribution < 1.29 is 5.11 Å². The van der Waals surface area contributed by atoms with Crippen LogP contribution >= 0.6 is 11.3 Å². The topological polar surface area (TPSA) is 50.9 Å². The number of aliphatic hydroxyl groups excluding tert-OH is 1. The van der Waals surface area contributed by atoms with Gasteiger partial charge in [-0.2, -0.15) is 5.10 Å². The summed E-state index contributed by atoms with van der Waals surface area (Å²) in [4.78, 5) is 4.40. The van der Waals surface area contributed by atoms with Crippen molar-refractivity contribution in [2.45, 2.75) is 39.3 Å².